The summed E-state index contributed by atoms with van der Waals surface area (Å²) >= 11 is 9.26. The van der Waals surface area contributed by atoms with Crippen molar-refractivity contribution in [3.05, 3.63) is 27.7 Å². The maximum atomic E-state index is 12.5. The highest BCUT2D eigenvalue weighted by Crippen LogP contribution is 2.28. The van der Waals surface area contributed by atoms with E-state index in [0.29, 0.717) is 24.1 Å². The molecule has 108 valence electrons. The first kappa shape index (κ1) is 17.2. The average Bonchev–Trinajstić information content (AvgIpc) is 2.32. The van der Waals surface area contributed by atoms with Crippen molar-refractivity contribution in [3.63, 3.8) is 0 Å². The molecule has 1 aliphatic heterocycles. The number of halogens is 3. The predicted molar refractivity (Wildman–Crippen MR) is 82.6 cm³/mol. The molecular formula is C11H15BrCl2N2O2S. The van der Waals surface area contributed by atoms with Gasteiger partial charge in [-0.3, -0.25) is 0 Å². The van der Waals surface area contributed by atoms with Gasteiger partial charge in [-0.1, -0.05) is 27.5 Å². The molecule has 4 nitrogen and oxygen atoms in total. The molecule has 0 spiro atoms. The van der Waals surface area contributed by atoms with Crippen molar-refractivity contribution in [1.82, 2.24) is 9.62 Å². The van der Waals surface area contributed by atoms with Crippen molar-refractivity contribution in [2.75, 3.05) is 19.6 Å². The summed E-state index contributed by atoms with van der Waals surface area (Å²) in [6, 6.07) is 5.01. The van der Waals surface area contributed by atoms with Crippen molar-refractivity contribution in [2.45, 2.75) is 17.9 Å². The van der Waals surface area contributed by atoms with E-state index < -0.39 is 10.0 Å². The number of rotatable bonds is 2. The third-order valence-corrected chi connectivity index (χ3v) is 5.68. The van der Waals surface area contributed by atoms with Crippen molar-refractivity contribution in [3.8, 4) is 0 Å². The first-order chi connectivity index (χ1) is 8.41. The molecule has 0 aliphatic carbocycles. The molecule has 1 aromatic carbocycles. The van der Waals surface area contributed by atoms with Crippen LogP contribution in [-0.2, 0) is 10.0 Å². The summed E-state index contributed by atoms with van der Waals surface area (Å²) < 4.78 is 27.2. The molecule has 0 amide bonds. The largest absolute Gasteiger partial charge is 0.312 e. The second-order valence-corrected chi connectivity index (χ2v) is 7.52. The zero-order chi connectivity index (χ0) is 13.3. The summed E-state index contributed by atoms with van der Waals surface area (Å²) in [5, 5.41) is 3.47. The van der Waals surface area contributed by atoms with Gasteiger partial charge in [-0.05, 0) is 25.1 Å². The Balaban J connectivity index is 0.00000180. The standard InChI is InChI=1S/C11H14BrClN2O2S.ClH/c1-8-7-15(5-4-14-8)18(16,17)11-6-9(12)2-3-10(11)13;/h2-3,6,8,14H,4-5,7H2,1H3;1H. The molecule has 1 saturated heterocycles. The zero-order valence-electron chi connectivity index (χ0n) is 10.3. The summed E-state index contributed by atoms with van der Waals surface area (Å²) in [6.07, 6.45) is 0. The monoisotopic (exact) mass is 388 g/mol. The first-order valence-electron chi connectivity index (χ1n) is 5.60. The highest BCUT2D eigenvalue weighted by atomic mass is 79.9. The quantitative estimate of drug-likeness (QED) is 0.845. The van der Waals surface area contributed by atoms with E-state index in [0.717, 1.165) is 0 Å². The molecule has 0 bridgehead atoms. The van der Waals surface area contributed by atoms with Crippen LogP contribution in [0.1, 0.15) is 6.92 Å². The van der Waals surface area contributed by atoms with Crippen molar-refractivity contribution in [2.24, 2.45) is 0 Å². The van der Waals surface area contributed by atoms with Crippen LogP contribution in [0.15, 0.2) is 27.6 Å². The number of hydrogen-bond acceptors (Lipinski definition) is 3. The lowest BCUT2D eigenvalue weighted by Crippen LogP contribution is -2.51. The molecule has 1 N–H and O–H groups in total. The summed E-state index contributed by atoms with van der Waals surface area (Å²) in [7, 11) is -3.52. The molecule has 1 fully saturated rings. The van der Waals surface area contributed by atoms with Crippen molar-refractivity contribution >= 4 is 50.0 Å². The number of nitrogens with zero attached hydrogens (tertiary/aromatic N) is 1. The van der Waals surface area contributed by atoms with E-state index in [1.165, 1.54) is 4.31 Å². The van der Waals surface area contributed by atoms with Gasteiger partial charge in [-0.2, -0.15) is 4.31 Å². The molecule has 19 heavy (non-hydrogen) atoms. The lowest BCUT2D eigenvalue weighted by atomic mass is 10.3. The Morgan fingerprint density at radius 1 is 1.47 bits per heavy atom. The summed E-state index contributed by atoms with van der Waals surface area (Å²) in [4.78, 5) is 0.160. The van der Waals surface area contributed by atoms with Gasteiger partial charge in [0, 0.05) is 30.1 Å². The fourth-order valence-electron chi connectivity index (χ4n) is 1.93. The van der Waals surface area contributed by atoms with Crippen LogP contribution in [0.4, 0.5) is 0 Å². The molecule has 0 saturated carbocycles. The van der Waals surface area contributed by atoms with Crippen LogP contribution in [-0.4, -0.2) is 38.4 Å². The van der Waals surface area contributed by atoms with Crippen LogP contribution < -0.4 is 5.32 Å². The van der Waals surface area contributed by atoms with Gasteiger partial charge in [-0.25, -0.2) is 8.42 Å². The third kappa shape index (κ3) is 3.83. The predicted octanol–water partition coefficient (Wildman–Crippen LogP) is 2.51. The maximum absolute atomic E-state index is 12.5. The zero-order valence-corrected chi connectivity index (χ0v) is 14.2. The lowest BCUT2D eigenvalue weighted by Gasteiger charge is -2.31. The summed E-state index contributed by atoms with van der Waals surface area (Å²) in [5.74, 6) is 0. The van der Waals surface area contributed by atoms with E-state index in [1.807, 2.05) is 6.92 Å². The minimum absolute atomic E-state index is 0. The Kier molecular flexibility index (Phi) is 6.10. The van der Waals surface area contributed by atoms with Crippen LogP contribution >= 0.6 is 39.9 Å². The minimum Gasteiger partial charge on any atom is -0.312 e. The fourth-order valence-corrected chi connectivity index (χ4v) is 4.47. The Bertz CT molecular complexity index is 554. The van der Waals surface area contributed by atoms with Gasteiger partial charge in [0.25, 0.3) is 0 Å². The number of piperazine rings is 1. The van der Waals surface area contributed by atoms with Gasteiger partial charge in [0.2, 0.25) is 10.0 Å². The smallest absolute Gasteiger partial charge is 0.244 e. The topological polar surface area (TPSA) is 49.4 Å². The van der Waals surface area contributed by atoms with Gasteiger partial charge in [0.05, 0.1) is 5.02 Å². The fraction of sp³-hybridized carbons (Fsp3) is 0.455. The van der Waals surface area contributed by atoms with Crippen LogP contribution in [0.2, 0.25) is 5.02 Å². The van der Waals surface area contributed by atoms with E-state index in [2.05, 4.69) is 21.2 Å². The maximum Gasteiger partial charge on any atom is 0.244 e. The molecule has 0 aromatic heterocycles. The normalized spacial score (nSPS) is 20.9. The van der Waals surface area contributed by atoms with Gasteiger partial charge in [-0.15, -0.1) is 12.4 Å². The molecule has 1 aliphatic rings. The van der Waals surface area contributed by atoms with Gasteiger partial charge in [0.15, 0.2) is 0 Å². The molecule has 0 radical (unpaired) electrons. The highest BCUT2D eigenvalue weighted by Gasteiger charge is 2.30. The van der Waals surface area contributed by atoms with E-state index >= 15 is 0 Å². The Hall–Kier alpha value is 0.150. The number of hydrogen-bond donors (Lipinski definition) is 1. The molecule has 1 atom stereocenters. The SMILES string of the molecule is CC1CN(S(=O)(=O)c2cc(Br)ccc2Cl)CCN1.Cl. The Morgan fingerprint density at radius 2 is 2.16 bits per heavy atom. The van der Waals surface area contributed by atoms with Crippen molar-refractivity contribution < 1.29 is 8.42 Å². The van der Waals surface area contributed by atoms with Gasteiger partial charge in [0.1, 0.15) is 4.90 Å². The minimum atomic E-state index is -3.52. The van der Waals surface area contributed by atoms with Gasteiger partial charge < -0.3 is 5.32 Å². The molecular weight excluding hydrogens is 375 g/mol. The Morgan fingerprint density at radius 3 is 2.79 bits per heavy atom. The van der Waals surface area contributed by atoms with Crippen LogP contribution in [0.3, 0.4) is 0 Å². The van der Waals surface area contributed by atoms with Crippen LogP contribution in [0.5, 0.6) is 0 Å². The lowest BCUT2D eigenvalue weighted by molar-refractivity contribution is 0.310. The number of benzene rings is 1. The van der Waals surface area contributed by atoms with E-state index in [-0.39, 0.29) is 28.4 Å². The average molecular weight is 390 g/mol. The van der Waals surface area contributed by atoms with Crippen LogP contribution in [0.25, 0.3) is 0 Å². The van der Waals surface area contributed by atoms with Crippen LogP contribution in [0, 0.1) is 0 Å². The van der Waals surface area contributed by atoms with Crippen molar-refractivity contribution in [1.29, 1.82) is 0 Å². The highest BCUT2D eigenvalue weighted by molar-refractivity contribution is 9.10. The molecule has 1 aromatic rings. The summed E-state index contributed by atoms with van der Waals surface area (Å²) in [5.41, 5.74) is 0. The molecule has 1 heterocycles. The first-order valence-corrected chi connectivity index (χ1v) is 8.21. The van der Waals surface area contributed by atoms with E-state index in [9.17, 15) is 8.42 Å². The second-order valence-electron chi connectivity index (χ2n) is 4.29. The number of sulfonamides is 1. The Labute approximate surface area is 133 Å². The number of nitrogens with one attached hydrogen (secondary N) is 1. The summed E-state index contributed by atoms with van der Waals surface area (Å²) in [6.45, 7) is 3.55. The van der Waals surface area contributed by atoms with E-state index in [1.54, 1.807) is 18.2 Å². The molecule has 2 rings (SSSR count). The van der Waals surface area contributed by atoms with Gasteiger partial charge >= 0.3 is 0 Å². The molecule has 8 heteroatoms. The third-order valence-electron chi connectivity index (χ3n) is 2.84. The molecule has 1 unspecified atom stereocenters. The van der Waals surface area contributed by atoms with E-state index in [4.69, 9.17) is 11.6 Å². The second kappa shape index (κ2) is 6.74.